The molecular weight excluding hydrogens is 338 g/mol. The van der Waals surface area contributed by atoms with Crippen LogP contribution in [0, 0.1) is 0 Å². The molecule has 2 aliphatic rings. The second-order valence-electron chi connectivity index (χ2n) is 6.67. The Morgan fingerprint density at radius 3 is 2.50 bits per heavy atom. The second kappa shape index (κ2) is 8.51. The number of ether oxygens (including phenoxy) is 4. The third-order valence-electron chi connectivity index (χ3n) is 4.69. The summed E-state index contributed by atoms with van der Waals surface area (Å²) in [5.74, 6) is -0.940. The summed E-state index contributed by atoms with van der Waals surface area (Å²) in [6, 6.07) is 8.57. The summed E-state index contributed by atoms with van der Waals surface area (Å²) in [7, 11) is 0. The Labute approximate surface area is 152 Å². The zero-order chi connectivity index (χ0) is 18.4. The van der Waals surface area contributed by atoms with Crippen molar-refractivity contribution in [3.8, 4) is 0 Å². The molecule has 0 unspecified atom stereocenters. The molecule has 1 atom stereocenters. The van der Waals surface area contributed by atoms with Crippen molar-refractivity contribution in [2.45, 2.75) is 57.1 Å². The molecule has 2 fully saturated rings. The SMILES string of the molecule is C[C@H](NC(=O)OCc1ccccc1)C(=O)OC1CCC2(CC1)OCCO2. The van der Waals surface area contributed by atoms with Crippen molar-refractivity contribution in [3.05, 3.63) is 35.9 Å². The van der Waals surface area contributed by atoms with Crippen LogP contribution in [0.2, 0.25) is 0 Å². The smallest absolute Gasteiger partial charge is 0.408 e. The molecular formula is C19H25NO6. The summed E-state index contributed by atoms with van der Waals surface area (Å²) < 4.78 is 21.9. The minimum absolute atomic E-state index is 0.152. The summed E-state index contributed by atoms with van der Waals surface area (Å²) in [5.41, 5.74) is 0.880. The molecule has 3 rings (SSSR count). The number of alkyl carbamates (subject to hydrolysis) is 1. The van der Waals surface area contributed by atoms with Gasteiger partial charge in [0, 0.05) is 12.8 Å². The van der Waals surface area contributed by atoms with Crippen LogP contribution in [0.3, 0.4) is 0 Å². The van der Waals surface area contributed by atoms with Crippen LogP contribution in [-0.2, 0) is 30.3 Å². The normalized spacial score (nSPS) is 20.5. The number of carbonyl (C=O) groups is 2. The minimum Gasteiger partial charge on any atom is -0.461 e. The Kier molecular flexibility index (Phi) is 6.11. The third kappa shape index (κ3) is 4.95. The summed E-state index contributed by atoms with van der Waals surface area (Å²) in [6.07, 6.45) is 1.99. The van der Waals surface area contributed by atoms with Gasteiger partial charge >= 0.3 is 12.1 Å². The standard InChI is InChI=1S/C19H25NO6/c1-14(20-18(22)23-13-15-5-3-2-4-6-15)17(21)26-16-7-9-19(10-8-16)24-11-12-25-19/h2-6,14,16H,7-13H2,1H3,(H,20,22)/t14-/m0/s1. The van der Waals surface area contributed by atoms with E-state index in [1.54, 1.807) is 6.92 Å². The molecule has 1 aromatic rings. The fourth-order valence-corrected chi connectivity index (χ4v) is 3.20. The molecule has 1 amide bonds. The van der Waals surface area contributed by atoms with Crippen LogP contribution in [0.4, 0.5) is 4.79 Å². The van der Waals surface area contributed by atoms with E-state index in [2.05, 4.69) is 5.32 Å². The summed E-state index contributed by atoms with van der Waals surface area (Å²) in [4.78, 5) is 24.0. The Hall–Kier alpha value is -2.12. The van der Waals surface area contributed by atoms with Gasteiger partial charge in [-0.05, 0) is 25.3 Å². The van der Waals surface area contributed by atoms with Gasteiger partial charge in [-0.1, -0.05) is 30.3 Å². The van der Waals surface area contributed by atoms with Gasteiger partial charge in [-0.3, -0.25) is 0 Å². The van der Waals surface area contributed by atoms with Crippen LogP contribution in [0.25, 0.3) is 0 Å². The third-order valence-corrected chi connectivity index (χ3v) is 4.69. The van der Waals surface area contributed by atoms with Gasteiger partial charge in [-0.15, -0.1) is 0 Å². The maximum Gasteiger partial charge on any atom is 0.408 e. The largest absolute Gasteiger partial charge is 0.461 e. The van der Waals surface area contributed by atoms with Gasteiger partial charge in [0.25, 0.3) is 0 Å². The lowest BCUT2D eigenvalue weighted by Gasteiger charge is -2.35. The van der Waals surface area contributed by atoms with E-state index >= 15 is 0 Å². The molecule has 142 valence electrons. The summed E-state index contributed by atoms with van der Waals surface area (Å²) >= 11 is 0. The van der Waals surface area contributed by atoms with E-state index in [0.717, 1.165) is 5.56 Å². The van der Waals surface area contributed by atoms with Crippen LogP contribution >= 0.6 is 0 Å². The van der Waals surface area contributed by atoms with Crippen molar-refractivity contribution in [3.63, 3.8) is 0 Å². The lowest BCUT2D eigenvalue weighted by molar-refractivity contribution is -0.195. The number of esters is 1. The van der Waals surface area contributed by atoms with E-state index in [4.69, 9.17) is 18.9 Å². The lowest BCUT2D eigenvalue weighted by atomic mass is 9.92. The highest BCUT2D eigenvalue weighted by Crippen LogP contribution is 2.36. The second-order valence-corrected chi connectivity index (χ2v) is 6.67. The molecule has 0 aromatic heterocycles. The molecule has 1 saturated heterocycles. The average molecular weight is 363 g/mol. The average Bonchev–Trinajstić information content (AvgIpc) is 3.11. The summed E-state index contributed by atoms with van der Waals surface area (Å²) in [5, 5.41) is 2.50. The van der Waals surface area contributed by atoms with Crippen molar-refractivity contribution >= 4 is 12.1 Å². The van der Waals surface area contributed by atoms with Crippen molar-refractivity contribution < 1.29 is 28.5 Å². The van der Waals surface area contributed by atoms with Gasteiger partial charge in [0.2, 0.25) is 0 Å². The first-order valence-corrected chi connectivity index (χ1v) is 9.02. The molecule has 0 radical (unpaired) electrons. The predicted molar refractivity (Wildman–Crippen MR) is 92.2 cm³/mol. The Morgan fingerprint density at radius 1 is 1.19 bits per heavy atom. The van der Waals surface area contributed by atoms with E-state index in [-0.39, 0.29) is 12.7 Å². The monoisotopic (exact) mass is 363 g/mol. The van der Waals surface area contributed by atoms with Crippen LogP contribution in [0.5, 0.6) is 0 Å². The van der Waals surface area contributed by atoms with Crippen molar-refractivity contribution in [1.82, 2.24) is 5.32 Å². The van der Waals surface area contributed by atoms with E-state index < -0.39 is 23.9 Å². The van der Waals surface area contributed by atoms with Gasteiger partial charge in [-0.25, -0.2) is 9.59 Å². The number of carbonyl (C=O) groups excluding carboxylic acids is 2. The van der Waals surface area contributed by atoms with E-state index in [0.29, 0.717) is 38.9 Å². The molecule has 1 spiro atoms. The fourth-order valence-electron chi connectivity index (χ4n) is 3.20. The van der Waals surface area contributed by atoms with Crippen molar-refractivity contribution in [2.75, 3.05) is 13.2 Å². The molecule has 1 aliphatic carbocycles. The number of amides is 1. The van der Waals surface area contributed by atoms with E-state index in [1.807, 2.05) is 30.3 Å². The van der Waals surface area contributed by atoms with Gasteiger partial charge in [0.15, 0.2) is 5.79 Å². The van der Waals surface area contributed by atoms with E-state index in [9.17, 15) is 9.59 Å². The number of hydrogen-bond acceptors (Lipinski definition) is 6. The Bertz CT molecular complexity index is 604. The first-order chi connectivity index (χ1) is 12.6. The zero-order valence-corrected chi connectivity index (χ0v) is 14.9. The highest BCUT2D eigenvalue weighted by atomic mass is 16.7. The van der Waals surface area contributed by atoms with Crippen LogP contribution in [-0.4, -0.2) is 43.2 Å². The first kappa shape index (κ1) is 18.7. The molecule has 1 N–H and O–H groups in total. The molecule has 1 heterocycles. The van der Waals surface area contributed by atoms with Gasteiger partial charge in [0.05, 0.1) is 13.2 Å². The minimum atomic E-state index is -0.770. The molecule has 26 heavy (non-hydrogen) atoms. The summed E-state index contributed by atoms with van der Waals surface area (Å²) in [6.45, 7) is 2.98. The maximum absolute atomic E-state index is 12.2. The molecule has 0 bridgehead atoms. The highest BCUT2D eigenvalue weighted by Gasteiger charge is 2.41. The van der Waals surface area contributed by atoms with Crippen LogP contribution in [0.1, 0.15) is 38.2 Å². The molecule has 1 aliphatic heterocycles. The Balaban J connectivity index is 1.37. The number of benzene rings is 1. The maximum atomic E-state index is 12.2. The lowest BCUT2D eigenvalue weighted by Crippen LogP contribution is -2.43. The zero-order valence-electron chi connectivity index (χ0n) is 14.9. The topological polar surface area (TPSA) is 83.1 Å². The van der Waals surface area contributed by atoms with Gasteiger partial charge < -0.3 is 24.3 Å². The number of nitrogens with one attached hydrogen (secondary N) is 1. The molecule has 7 nitrogen and oxygen atoms in total. The number of hydrogen-bond donors (Lipinski definition) is 1. The molecule has 1 aromatic carbocycles. The Morgan fingerprint density at radius 2 is 1.85 bits per heavy atom. The molecule has 1 saturated carbocycles. The molecule has 7 heteroatoms. The quantitative estimate of drug-likeness (QED) is 0.810. The first-order valence-electron chi connectivity index (χ1n) is 9.02. The van der Waals surface area contributed by atoms with Gasteiger partial charge in [-0.2, -0.15) is 0 Å². The van der Waals surface area contributed by atoms with Crippen LogP contribution in [0.15, 0.2) is 30.3 Å². The van der Waals surface area contributed by atoms with Crippen molar-refractivity contribution in [1.29, 1.82) is 0 Å². The van der Waals surface area contributed by atoms with Crippen molar-refractivity contribution in [2.24, 2.45) is 0 Å². The fraction of sp³-hybridized carbons (Fsp3) is 0.579. The predicted octanol–water partition coefficient (Wildman–Crippen LogP) is 2.53. The van der Waals surface area contributed by atoms with Crippen LogP contribution < -0.4 is 5.32 Å². The highest BCUT2D eigenvalue weighted by molar-refractivity contribution is 5.81. The van der Waals surface area contributed by atoms with E-state index in [1.165, 1.54) is 0 Å². The number of rotatable bonds is 5. The van der Waals surface area contributed by atoms with Gasteiger partial charge in [0.1, 0.15) is 18.8 Å².